The van der Waals surface area contributed by atoms with Crippen LogP contribution in [0.2, 0.25) is 5.02 Å². The van der Waals surface area contributed by atoms with E-state index in [4.69, 9.17) is 22.1 Å². The molecule has 1 aliphatic rings. The molecule has 1 aromatic heterocycles. The molecule has 10 heteroatoms. The van der Waals surface area contributed by atoms with E-state index in [9.17, 15) is 4.79 Å². The van der Waals surface area contributed by atoms with Crippen molar-refractivity contribution in [3.63, 3.8) is 0 Å². The highest BCUT2D eigenvalue weighted by atomic mass is 35.5. The lowest BCUT2D eigenvalue weighted by Crippen LogP contribution is -2.33. The van der Waals surface area contributed by atoms with Crippen LogP contribution < -0.4 is 15.8 Å². The van der Waals surface area contributed by atoms with Crippen LogP contribution in [0.1, 0.15) is 35.8 Å². The number of nitrogen functional groups attached to an aromatic ring is 1. The average Bonchev–Trinajstić information content (AvgIpc) is 3.03. The molecule has 0 saturated carbocycles. The number of aromatic nitrogens is 1. The number of halogens is 3. The van der Waals surface area contributed by atoms with Crippen LogP contribution in [0.25, 0.3) is 0 Å². The van der Waals surface area contributed by atoms with E-state index in [-0.39, 0.29) is 30.7 Å². The summed E-state index contributed by atoms with van der Waals surface area (Å²) in [6.45, 7) is 5.29. The minimum Gasteiger partial charge on any atom is -0.496 e. The van der Waals surface area contributed by atoms with Gasteiger partial charge in [-0.2, -0.15) is 0 Å². The number of rotatable bonds is 5. The van der Waals surface area contributed by atoms with E-state index < -0.39 is 0 Å². The van der Waals surface area contributed by atoms with Gasteiger partial charge in [-0.1, -0.05) is 18.5 Å². The van der Waals surface area contributed by atoms with Gasteiger partial charge in [-0.3, -0.25) is 15.0 Å². The first-order chi connectivity index (χ1) is 12.5. The zero-order valence-electron chi connectivity index (χ0n) is 15.7. The molecule has 0 radical (unpaired) electrons. The number of anilines is 2. The Morgan fingerprint density at radius 2 is 2.21 bits per heavy atom. The van der Waals surface area contributed by atoms with Crippen molar-refractivity contribution in [2.75, 3.05) is 31.2 Å². The summed E-state index contributed by atoms with van der Waals surface area (Å²) in [4.78, 5) is 19.5. The molecule has 3 N–H and O–H groups in total. The number of nitrogens with two attached hydrogens (primary N) is 1. The molecule has 0 bridgehead atoms. The van der Waals surface area contributed by atoms with Crippen molar-refractivity contribution in [1.29, 1.82) is 0 Å². The molecule has 1 aliphatic heterocycles. The predicted molar refractivity (Wildman–Crippen MR) is 121 cm³/mol. The fourth-order valence-electron chi connectivity index (χ4n) is 3.18. The number of nitrogens with zero attached hydrogens (tertiary/aromatic N) is 2. The molecule has 2 heterocycles. The van der Waals surface area contributed by atoms with Gasteiger partial charge < -0.3 is 10.5 Å². The van der Waals surface area contributed by atoms with E-state index in [0.717, 1.165) is 31.2 Å². The summed E-state index contributed by atoms with van der Waals surface area (Å²) in [7, 11) is 1.49. The minimum absolute atomic E-state index is 0. The van der Waals surface area contributed by atoms with Crippen LogP contribution in [0, 0.1) is 5.92 Å². The highest BCUT2D eigenvalue weighted by molar-refractivity contribution is 7.14. The van der Waals surface area contributed by atoms with E-state index in [1.54, 1.807) is 6.07 Å². The third kappa shape index (κ3) is 6.12. The lowest BCUT2D eigenvalue weighted by atomic mass is 10.0. The summed E-state index contributed by atoms with van der Waals surface area (Å²) in [6, 6.07) is 3.05. The molecule has 6 nitrogen and oxygen atoms in total. The van der Waals surface area contributed by atoms with Crippen LogP contribution >= 0.6 is 47.8 Å². The number of ether oxygens (including phenoxy) is 1. The molecule has 28 heavy (non-hydrogen) atoms. The van der Waals surface area contributed by atoms with Crippen molar-refractivity contribution in [2.24, 2.45) is 5.92 Å². The highest BCUT2D eigenvalue weighted by Crippen LogP contribution is 2.30. The number of piperidine rings is 1. The molecule has 156 valence electrons. The number of carbonyl (C=O) groups excluding carboxylic acids is 1. The molecular weight excluding hydrogens is 443 g/mol. The molecule has 1 amide bonds. The maximum atomic E-state index is 12.6. The number of hydrogen-bond acceptors (Lipinski definition) is 6. The molecule has 0 spiro atoms. The van der Waals surface area contributed by atoms with Crippen molar-refractivity contribution < 1.29 is 9.53 Å². The first-order valence-electron chi connectivity index (χ1n) is 8.57. The summed E-state index contributed by atoms with van der Waals surface area (Å²) < 4.78 is 5.23. The Morgan fingerprint density at radius 3 is 2.89 bits per heavy atom. The summed E-state index contributed by atoms with van der Waals surface area (Å²) in [6.07, 6.45) is 2.52. The normalized spacial score (nSPS) is 16.6. The molecule has 1 aromatic carbocycles. The van der Waals surface area contributed by atoms with Gasteiger partial charge in [0.1, 0.15) is 5.75 Å². The average molecular weight is 468 g/mol. The van der Waals surface area contributed by atoms with Crippen LogP contribution in [0.3, 0.4) is 0 Å². The summed E-state index contributed by atoms with van der Waals surface area (Å²) >= 11 is 7.45. The van der Waals surface area contributed by atoms with E-state index in [2.05, 4.69) is 22.1 Å². The maximum Gasteiger partial charge on any atom is 0.261 e. The first kappa shape index (κ1) is 24.8. The Balaban J connectivity index is 0.00000196. The maximum absolute atomic E-state index is 12.6. The molecule has 2 aromatic rings. The van der Waals surface area contributed by atoms with Gasteiger partial charge in [-0.25, -0.2) is 4.98 Å². The second kappa shape index (κ2) is 11.1. The van der Waals surface area contributed by atoms with Crippen LogP contribution in [0.5, 0.6) is 5.75 Å². The Morgan fingerprint density at radius 1 is 1.46 bits per heavy atom. The van der Waals surface area contributed by atoms with Crippen LogP contribution in [0.15, 0.2) is 17.5 Å². The lowest BCUT2D eigenvalue weighted by Gasteiger charge is -2.30. The molecule has 0 aliphatic carbocycles. The molecule has 3 rings (SSSR count). The van der Waals surface area contributed by atoms with Crippen LogP contribution in [0.4, 0.5) is 10.8 Å². The molecule has 1 unspecified atom stereocenters. The zero-order valence-corrected chi connectivity index (χ0v) is 18.9. The first-order valence-corrected chi connectivity index (χ1v) is 9.83. The number of amides is 1. The monoisotopic (exact) mass is 466 g/mol. The number of thiazole rings is 1. The Bertz CT molecular complexity index is 803. The summed E-state index contributed by atoms with van der Waals surface area (Å²) in [5, 5.41) is 5.68. The number of benzene rings is 1. The van der Waals surface area contributed by atoms with E-state index in [0.29, 0.717) is 27.2 Å². The predicted octanol–water partition coefficient (Wildman–Crippen LogP) is 4.72. The van der Waals surface area contributed by atoms with Crippen LogP contribution in [-0.4, -0.2) is 36.0 Å². The molecular formula is C18H25Cl3N4O2S. The van der Waals surface area contributed by atoms with Crippen molar-refractivity contribution in [3.05, 3.63) is 33.8 Å². The van der Waals surface area contributed by atoms with Gasteiger partial charge in [0.05, 0.1) is 29.1 Å². The Hall–Kier alpha value is -1.25. The topological polar surface area (TPSA) is 80.5 Å². The number of hydrogen-bond donors (Lipinski definition) is 2. The molecule has 1 saturated heterocycles. The van der Waals surface area contributed by atoms with E-state index in [1.165, 1.54) is 37.4 Å². The fraction of sp³-hybridized carbons (Fsp3) is 0.444. The van der Waals surface area contributed by atoms with Crippen molar-refractivity contribution in [1.82, 2.24) is 9.88 Å². The second-order valence-corrected chi connectivity index (χ2v) is 7.92. The quantitative estimate of drug-likeness (QED) is 0.622. The number of likely N-dealkylation sites (tertiary alicyclic amines) is 1. The number of methoxy groups -OCH3 is 1. The zero-order chi connectivity index (χ0) is 18.7. The smallest absolute Gasteiger partial charge is 0.261 e. The number of carbonyl (C=O) groups is 1. The van der Waals surface area contributed by atoms with E-state index >= 15 is 0 Å². The van der Waals surface area contributed by atoms with Gasteiger partial charge in [-0.05, 0) is 31.4 Å². The van der Waals surface area contributed by atoms with Gasteiger partial charge >= 0.3 is 0 Å². The fourth-order valence-corrected chi connectivity index (χ4v) is 4.04. The third-order valence-corrected chi connectivity index (χ3v) is 5.60. The molecule has 1 atom stereocenters. The van der Waals surface area contributed by atoms with Crippen molar-refractivity contribution in [2.45, 2.75) is 26.3 Å². The van der Waals surface area contributed by atoms with Gasteiger partial charge in [0.15, 0.2) is 5.13 Å². The van der Waals surface area contributed by atoms with E-state index in [1.807, 2.05) is 5.38 Å². The van der Waals surface area contributed by atoms with Gasteiger partial charge in [-0.15, -0.1) is 36.2 Å². The second-order valence-electron chi connectivity index (χ2n) is 6.65. The Kier molecular flexibility index (Phi) is 9.80. The standard InChI is InChI=1S/C18H23ClN4O2S.2ClH/c1-11-4-3-5-23(8-11)9-12-10-26-18(21-12)22-17(24)13-6-14(19)15(20)7-16(13)25-2;;/h6-7,10-11H,3-5,8-9,20H2,1-2H3,(H,21,22,24);2*1H. The largest absolute Gasteiger partial charge is 0.496 e. The minimum atomic E-state index is -0.323. The van der Waals surface area contributed by atoms with Crippen molar-refractivity contribution >= 4 is 64.5 Å². The molecule has 1 fully saturated rings. The van der Waals surface area contributed by atoms with Crippen LogP contribution in [-0.2, 0) is 6.54 Å². The summed E-state index contributed by atoms with van der Waals surface area (Å²) in [5.41, 5.74) is 7.43. The Labute approximate surface area is 186 Å². The van der Waals surface area contributed by atoms with Crippen molar-refractivity contribution in [3.8, 4) is 5.75 Å². The SMILES string of the molecule is COc1cc(N)c(Cl)cc1C(=O)Nc1nc(CN2CCCC(C)C2)cs1.Cl.Cl. The highest BCUT2D eigenvalue weighted by Gasteiger charge is 2.19. The van der Waals surface area contributed by atoms with Gasteiger partial charge in [0.25, 0.3) is 5.91 Å². The third-order valence-electron chi connectivity index (χ3n) is 4.46. The number of nitrogens with one attached hydrogen (secondary N) is 1. The van der Waals surface area contributed by atoms with Gasteiger partial charge in [0.2, 0.25) is 0 Å². The van der Waals surface area contributed by atoms with Gasteiger partial charge in [0, 0.05) is 24.5 Å². The lowest BCUT2D eigenvalue weighted by molar-refractivity contribution is 0.102. The summed E-state index contributed by atoms with van der Waals surface area (Å²) in [5.74, 6) is 0.781.